The number of ketones is 1. The third-order valence-electron chi connectivity index (χ3n) is 7.09. The third-order valence-corrected chi connectivity index (χ3v) is 7.09. The molecule has 4 heteroatoms. The number of aromatic nitrogens is 2. The van der Waals surface area contributed by atoms with Crippen LogP contribution in [-0.4, -0.2) is 15.3 Å². The lowest BCUT2D eigenvalue weighted by molar-refractivity contribution is -0.116. The largest absolute Gasteiger partial charge is 0.329 e. The van der Waals surface area contributed by atoms with Crippen LogP contribution < -0.4 is 5.32 Å². The number of hydrogen-bond acceptors (Lipinski definition) is 3. The molecule has 0 amide bonds. The number of carbonyl (C=O) groups excluding carboxylic acids is 1. The van der Waals surface area contributed by atoms with Crippen LogP contribution in [0.1, 0.15) is 61.3 Å². The second kappa shape index (κ2) is 7.73. The van der Waals surface area contributed by atoms with E-state index in [0.717, 1.165) is 40.2 Å². The lowest BCUT2D eigenvalue weighted by Crippen LogP contribution is -2.33. The number of carbonyl (C=O) groups is 1. The topological polar surface area (TPSA) is 46.9 Å². The highest BCUT2D eigenvalue weighted by molar-refractivity contribution is 6.01. The number of anilines is 1. The van der Waals surface area contributed by atoms with Crippen molar-refractivity contribution in [3.8, 4) is 0 Å². The third kappa shape index (κ3) is 3.29. The molecule has 0 bridgehead atoms. The number of allylic oxidation sites excluding steroid dienone is 2. The zero-order valence-electron chi connectivity index (χ0n) is 19.0. The molecule has 6 rings (SSSR count). The standard InChI is InChI=1S/C29H27N3O/c1-18(2)19-12-14-20(15-13-19)22-16-24-27(26(33)17-22)28(21-8-4-3-5-9-21)32-25-11-7-6-10-23(25)30-29(32)31-24/h3-15,18,22,28H,16-17H2,1-2H3,(H,30,31)/t22-,28-/m0/s1. The molecule has 0 radical (unpaired) electrons. The van der Waals surface area contributed by atoms with E-state index in [1.807, 2.05) is 36.4 Å². The lowest BCUT2D eigenvalue weighted by Gasteiger charge is -2.36. The average Bonchev–Trinajstić information content (AvgIpc) is 3.21. The summed E-state index contributed by atoms with van der Waals surface area (Å²) in [5.74, 6) is 1.71. The Kier molecular flexibility index (Phi) is 4.68. The number of hydrogen-bond donors (Lipinski definition) is 1. The molecule has 0 fully saturated rings. The van der Waals surface area contributed by atoms with Gasteiger partial charge in [0.25, 0.3) is 0 Å². The first-order valence-corrected chi connectivity index (χ1v) is 11.7. The fourth-order valence-corrected chi connectivity index (χ4v) is 5.36. The van der Waals surface area contributed by atoms with Crippen LogP contribution in [0.3, 0.4) is 0 Å². The van der Waals surface area contributed by atoms with Crippen LogP contribution in [0, 0.1) is 0 Å². The SMILES string of the molecule is CC(C)c1ccc([C@@H]2CC(=O)C3=C(C2)Nc2nc4ccccc4n2[C@H]3c2ccccc2)cc1. The Bertz CT molecular complexity index is 1380. The molecule has 1 aliphatic heterocycles. The van der Waals surface area contributed by atoms with Gasteiger partial charge in [0, 0.05) is 17.7 Å². The molecule has 33 heavy (non-hydrogen) atoms. The van der Waals surface area contributed by atoms with Gasteiger partial charge >= 0.3 is 0 Å². The first-order valence-electron chi connectivity index (χ1n) is 11.7. The molecule has 2 aliphatic rings. The summed E-state index contributed by atoms with van der Waals surface area (Å²) in [6, 6.07) is 27.1. The smallest absolute Gasteiger partial charge is 0.209 e. The van der Waals surface area contributed by atoms with Crippen molar-refractivity contribution in [2.24, 2.45) is 0 Å². The summed E-state index contributed by atoms with van der Waals surface area (Å²) in [5, 5.41) is 3.56. The van der Waals surface area contributed by atoms with Crippen molar-refractivity contribution in [3.05, 3.63) is 107 Å². The Balaban J connectivity index is 1.46. The molecule has 1 N–H and O–H groups in total. The van der Waals surface area contributed by atoms with Crippen LogP contribution in [0.5, 0.6) is 0 Å². The van der Waals surface area contributed by atoms with Gasteiger partial charge in [-0.3, -0.25) is 9.36 Å². The molecule has 4 aromatic rings. The van der Waals surface area contributed by atoms with E-state index >= 15 is 0 Å². The molecule has 2 atom stereocenters. The normalized spacial score (nSPS) is 20.0. The Hall–Kier alpha value is -3.66. The second-order valence-electron chi connectivity index (χ2n) is 9.47. The summed E-state index contributed by atoms with van der Waals surface area (Å²) >= 11 is 0. The fourth-order valence-electron chi connectivity index (χ4n) is 5.36. The number of Topliss-reactive ketones (excluding diaryl/α,β-unsaturated/α-hetero) is 1. The highest BCUT2D eigenvalue weighted by Crippen LogP contribution is 2.46. The maximum absolute atomic E-state index is 13.7. The van der Waals surface area contributed by atoms with Crippen molar-refractivity contribution in [2.45, 2.75) is 44.6 Å². The minimum absolute atomic E-state index is 0.165. The molecule has 164 valence electrons. The zero-order valence-corrected chi connectivity index (χ0v) is 19.0. The van der Waals surface area contributed by atoms with Gasteiger partial charge < -0.3 is 5.32 Å². The summed E-state index contributed by atoms with van der Waals surface area (Å²) in [5.41, 5.74) is 7.55. The van der Waals surface area contributed by atoms with E-state index in [1.165, 1.54) is 11.1 Å². The van der Waals surface area contributed by atoms with Crippen LogP contribution in [0.2, 0.25) is 0 Å². The predicted molar refractivity (Wildman–Crippen MR) is 132 cm³/mol. The van der Waals surface area contributed by atoms with Crippen molar-refractivity contribution < 1.29 is 4.79 Å². The van der Waals surface area contributed by atoms with Crippen LogP contribution in [0.4, 0.5) is 5.95 Å². The van der Waals surface area contributed by atoms with E-state index in [4.69, 9.17) is 4.98 Å². The maximum atomic E-state index is 13.7. The second-order valence-corrected chi connectivity index (χ2v) is 9.47. The minimum Gasteiger partial charge on any atom is -0.329 e. The monoisotopic (exact) mass is 433 g/mol. The number of nitrogens with one attached hydrogen (secondary N) is 1. The molecule has 1 aliphatic carbocycles. The van der Waals surface area contributed by atoms with E-state index in [1.54, 1.807) is 0 Å². The van der Waals surface area contributed by atoms with Crippen molar-refractivity contribution in [1.29, 1.82) is 0 Å². The predicted octanol–water partition coefficient (Wildman–Crippen LogP) is 6.58. The zero-order chi connectivity index (χ0) is 22.5. The fraction of sp³-hybridized carbons (Fsp3) is 0.241. The molecule has 0 spiro atoms. The maximum Gasteiger partial charge on any atom is 0.209 e. The summed E-state index contributed by atoms with van der Waals surface area (Å²) in [4.78, 5) is 18.6. The van der Waals surface area contributed by atoms with Crippen LogP contribution in [-0.2, 0) is 4.79 Å². The summed E-state index contributed by atoms with van der Waals surface area (Å²) in [6.45, 7) is 4.41. The number of fused-ring (bicyclic) bond motifs is 3. The van der Waals surface area contributed by atoms with Gasteiger partial charge in [-0.05, 0) is 47.1 Å². The van der Waals surface area contributed by atoms with E-state index < -0.39 is 0 Å². The summed E-state index contributed by atoms with van der Waals surface area (Å²) in [6.07, 6.45) is 1.35. The molecule has 0 unspecified atom stereocenters. The van der Waals surface area contributed by atoms with Gasteiger partial charge in [-0.25, -0.2) is 4.98 Å². The average molecular weight is 434 g/mol. The lowest BCUT2D eigenvalue weighted by atomic mass is 9.77. The summed E-state index contributed by atoms with van der Waals surface area (Å²) < 4.78 is 2.19. The molecule has 3 aromatic carbocycles. The van der Waals surface area contributed by atoms with Gasteiger partial charge in [0.15, 0.2) is 5.78 Å². The molecule has 0 saturated heterocycles. The van der Waals surface area contributed by atoms with E-state index in [9.17, 15) is 4.79 Å². The van der Waals surface area contributed by atoms with Crippen molar-refractivity contribution in [2.75, 3.05) is 5.32 Å². The highest BCUT2D eigenvalue weighted by atomic mass is 16.1. The first-order chi connectivity index (χ1) is 16.1. The van der Waals surface area contributed by atoms with E-state index in [-0.39, 0.29) is 17.7 Å². The Morgan fingerprint density at radius 3 is 2.36 bits per heavy atom. The Morgan fingerprint density at radius 1 is 0.879 bits per heavy atom. The van der Waals surface area contributed by atoms with Gasteiger partial charge in [0.05, 0.1) is 17.1 Å². The van der Waals surface area contributed by atoms with Gasteiger partial charge in [-0.1, -0.05) is 80.6 Å². The first kappa shape index (κ1) is 20.0. The molecule has 2 heterocycles. The minimum atomic E-state index is -0.165. The van der Waals surface area contributed by atoms with Gasteiger partial charge in [0.2, 0.25) is 5.95 Å². The molecule has 1 aromatic heterocycles. The van der Waals surface area contributed by atoms with Gasteiger partial charge in [0.1, 0.15) is 0 Å². The van der Waals surface area contributed by atoms with Crippen LogP contribution in [0.25, 0.3) is 11.0 Å². The Morgan fingerprint density at radius 2 is 1.61 bits per heavy atom. The van der Waals surface area contributed by atoms with Crippen LogP contribution in [0.15, 0.2) is 90.1 Å². The quantitative estimate of drug-likeness (QED) is 0.397. The molecule has 4 nitrogen and oxygen atoms in total. The van der Waals surface area contributed by atoms with E-state index in [2.05, 4.69) is 66.2 Å². The highest BCUT2D eigenvalue weighted by Gasteiger charge is 2.39. The van der Waals surface area contributed by atoms with E-state index in [0.29, 0.717) is 12.3 Å². The molecule has 0 saturated carbocycles. The summed E-state index contributed by atoms with van der Waals surface area (Å²) in [7, 11) is 0. The van der Waals surface area contributed by atoms with Crippen molar-refractivity contribution in [1.82, 2.24) is 9.55 Å². The van der Waals surface area contributed by atoms with Crippen molar-refractivity contribution >= 4 is 22.8 Å². The number of para-hydroxylation sites is 2. The van der Waals surface area contributed by atoms with Gasteiger partial charge in [-0.2, -0.15) is 0 Å². The Labute approximate surface area is 194 Å². The number of nitrogens with zero attached hydrogens (tertiary/aromatic N) is 2. The van der Waals surface area contributed by atoms with Gasteiger partial charge in [-0.15, -0.1) is 0 Å². The number of benzene rings is 3. The van der Waals surface area contributed by atoms with Crippen LogP contribution >= 0.6 is 0 Å². The van der Waals surface area contributed by atoms with Crippen molar-refractivity contribution in [3.63, 3.8) is 0 Å². The molecular formula is C29H27N3O. The molecular weight excluding hydrogens is 406 g/mol. The number of imidazole rings is 1. The number of rotatable bonds is 3.